The molecule has 1 aliphatic rings. The summed E-state index contributed by atoms with van der Waals surface area (Å²) in [6, 6.07) is 7.63. The van der Waals surface area contributed by atoms with Gasteiger partial charge in [-0.05, 0) is 43.4 Å². The Balaban J connectivity index is 1.49. The van der Waals surface area contributed by atoms with Crippen molar-refractivity contribution < 1.29 is 17.7 Å². The second-order valence-electron chi connectivity index (χ2n) is 7.50. The first kappa shape index (κ1) is 21.1. The van der Waals surface area contributed by atoms with Gasteiger partial charge in [0.1, 0.15) is 11.8 Å². The van der Waals surface area contributed by atoms with Crippen LogP contribution in [-0.2, 0) is 27.3 Å². The lowest BCUT2D eigenvalue weighted by Crippen LogP contribution is -2.24. The number of aliphatic hydroxyl groups is 1. The third-order valence-corrected chi connectivity index (χ3v) is 6.19. The minimum atomic E-state index is -4.04. The number of fused-ring (bicyclic) bond motifs is 1. The van der Waals surface area contributed by atoms with Gasteiger partial charge in [-0.1, -0.05) is 23.7 Å². The van der Waals surface area contributed by atoms with Crippen LogP contribution in [0.15, 0.2) is 36.9 Å². The number of aryl methyl sites for hydroxylation is 2. The molecule has 3 atom stereocenters. The number of hydrogen-bond acceptors (Lipinski definition) is 7. The summed E-state index contributed by atoms with van der Waals surface area (Å²) in [4.78, 5) is 13.3. The number of aromatic nitrogens is 4. The van der Waals surface area contributed by atoms with Gasteiger partial charge >= 0.3 is 10.3 Å². The Morgan fingerprint density at radius 3 is 2.67 bits per heavy atom. The molecule has 0 amide bonds. The number of nitrogens with two attached hydrogens (primary N) is 1. The normalized spacial score (nSPS) is 22.0. The first-order valence-corrected chi connectivity index (χ1v) is 11.4. The maximum atomic E-state index is 11.0. The van der Waals surface area contributed by atoms with Gasteiger partial charge in [-0.15, -0.1) is 0 Å². The molecule has 0 radical (unpaired) electrons. The van der Waals surface area contributed by atoms with Crippen molar-refractivity contribution in [1.29, 1.82) is 0 Å². The maximum Gasteiger partial charge on any atom is 0.333 e. The van der Waals surface area contributed by atoms with Crippen LogP contribution in [0.25, 0.3) is 11.2 Å². The van der Waals surface area contributed by atoms with Gasteiger partial charge in [-0.3, -0.25) is 4.18 Å². The largest absolute Gasteiger partial charge is 0.393 e. The van der Waals surface area contributed by atoms with E-state index >= 15 is 0 Å². The Labute approximate surface area is 179 Å². The standard InChI is InChI=1S/C19H22ClN5O4S/c20-14-4-1-12(2-5-14)3-6-16-18-19(23-10-22-16)25(11-24-18)15-7-13(17(26)8-15)9-29-30(21,27)28/h1-2,4-5,10-11,13,15,17,26H,3,6-9H2,(H2,21,27,28)/t13-,15+,17-/m0/s1. The molecule has 30 heavy (non-hydrogen) atoms. The molecule has 2 heterocycles. The van der Waals surface area contributed by atoms with Gasteiger partial charge in [-0.25, -0.2) is 20.1 Å². The number of nitrogens with zero attached hydrogens (tertiary/aromatic N) is 4. The zero-order chi connectivity index (χ0) is 21.3. The van der Waals surface area contributed by atoms with E-state index in [4.69, 9.17) is 16.7 Å². The highest BCUT2D eigenvalue weighted by Gasteiger charge is 2.35. The predicted molar refractivity (Wildman–Crippen MR) is 111 cm³/mol. The van der Waals surface area contributed by atoms with Gasteiger partial charge < -0.3 is 9.67 Å². The van der Waals surface area contributed by atoms with Crippen molar-refractivity contribution in [2.24, 2.45) is 11.1 Å². The summed E-state index contributed by atoms with van der Waals surface area (Å²) < 4.78 is 28.7. The second-order valence-corrected chi connectivity index (χ2v) is 9.16. The lowest BCUT2D eigenvalue weighted by molar-refractivity contribution is 0.100. The van der Waals surface area contributed by atoms with E-state index in [1.807, 2.05) is 28.8 Å². The van der Waals surface area contributed by atoms with Crippen LogP contribution < -0.4 is 5.14 Å². The van der Waals surface area contributed by atoms with E-state index in [0.717, 1.165) is 23.2 Å². The van der Waals surface area contributed by atoms with E-state index in [1.165, 1.54) is 6.33 Å². The van der Waals surface area contributed by atoms with E-state index in [9.17, 15) is 13.5 Å². The van der Waals surface area contributed by atoms with Crippen molar-refractivity contribution in [3.63, 3.8) is 0 Å². The number of benzene rings is 1. The molecule has 0 bridgehead atoms. The minimum Gasteiger partial charge on any atom is -0.393 e. The summed E-state index contributed by atoms with van der Waals surface area (Å²) in [5.41, 5.74) is 3.43. The molecule has 11 heteroatoms. The quantitative estimate of drug-likeness (QED) is 0.559. The van der Waals surface area contributed by atoms with Crippen LogP contribution >= 0.6 is 11.6 Å². The first-order valence-electron chi connectivity index (χ1n) is 9.56. The third kappa shape index (κ3) is 4.79. The lowest BCUT2D eigenvalue weighted by Gasteiger charge is -2.13. The summed E-state index contributed by atoms with van der Waals surface area (Å²) in [5.74, 6) is -0.336. The van der Waals surface area contributed by atoms with Gasteiger partial charge in [0.25, 0.3) is 0 Å². The van der Waals surface area contributed by atoms with Crippen LogP contribution in [0.4, 0.5) is 0 Å². The number of imidazole rings is 1. The fourth-order valence-corrected chi connectivity index (χ4v) is 4.42. The highest BCUT2D eigenvalue weighted by molar-refractivity contribution is 7.84. The predicted octanol–water partition coefficient (Wildman–Crippen LogP) is 1.80. The molecule has 3 aromatic rings. The zero-order valence-corrected chi connectivity index (χ0v) is 17.6. The monoisotopic (exact) mass is 451 g/mol. The van der Waals surface area contributed by atoms with Crippen LogP contribution in [-0.4, -0.2) is 45.8 Å². The van der Waals surface area contributed by atoms with Crippen LogP contribution in [0, 0.1) is 5.92 Å². The molecular formula is C19H22ClN5O4S. The Kier molecular flexibility index (Phi) is 6.03. The molecule has 0 unspecified atom stereocenters. The van der Waals surface area contributed by atoms with E-state index in [1.54, 1.807) is 6.33 Å². The van der Waals surface area contributed by atoms with Crippen LogP contribution in [0.2, 0.25) is 5.02 Å². The molecule has 1 fully saturated rings. The fourth-order valence-electron chi connectivity index (χ4n) is 3.93. The van der Waals surface area contributed by atoms with Crippen molar-refractivity contribution >= 4 is 33.1 Å². The summed E-state index contributed by atoms with van der Waals surface area (Å²) in [6.07, 6.45) is 5.01. The molecule has 1 saturated carbocycles. The summed E-state index contributed by atoms with van der Waals surface area (Å²) in [6.45, 7) is -0.148. The molecule has 0 saturated heterocycles. The molecule has 4 rings (SSSR count). The molecule has 2 aromatic heterocycles. The molecule has 3 N–H and O–H groups in total. The topological polar surface area (TPSA) is 133 Å². The lowest BCUT2D eigenvalue weighted by atomic mass is 10.1. The second kappa shape index (κ2) is 8.56. The Morgan fingerprint density at radius 1 is 1.17 bits per heavy atom. The van der Waals surface area contributed by atoms with Crippen molar-refractivity contribution in [2.75, 3.05) is 6.61 Å². The van der Waals surface area contributed by atoms with Crippen LogP contribution in [0.5, 0.6) is 0 Å². The Morgan fingerprint density at radius 2 is 1.93 bits per heavy atom. The average Bonchev–Trinajstić information content (AvgIpc) is 3.29. The first-order chi connectivity index (χ1) is 14.3. The van der Waals surface area contributed by atoms with Gasteiger partial charge in [0, 0.05) is 17.0 Å². The molecule has 1 aliphatic carbocycles. The summed E-state index contributed by atoms with van der Waals surface area (Å²) >= 11 is 5.94. The van der Waals surface area contributed by atoms with Crippen molar-refractivity contribution in [1.82, 2.24) is 19.5 Å². The van der Waals surface area contributed by atoms with E-state index in [0.29, 0.717) is 29.9 Å². The Bertz CT molecular complexity index is 1140. The van der Waals surface area contributed by atoms with E-state index < -0.39 is 16.4 Å². The number of aliphatic hydroxyl groups excluding tert-OH is 1. The SMILES string of the molecule is NS(=O)(=O)OC[C@@H]1C[C@@H](n2cnc3c(CCc4ccc(Cl)cc4)ncnc32)C[C@@H]1O. The highest BCUT2D eigenvalue weighted by atomic mass is 35.5. The Hall–Kier alpha value is -2.11. The number of halogens is 1. The number of hydrogen-bond donors (Lipinski definition) is 2. The van der Waals surface area contributed by atoms with Gasteiger partial charge in [-0.2, -0.15) is 8.42 Å². The summed E-state index contributed by atoms with van der Waals surface area (Å²) in [7, 11) is -4.04. The molecule has 9 nitrogen and oxygen atoms in total. The van der Waals surface area contributed by atoms with Crippen LogP contribution in [0.1, 0.15) is 30.1 Å². The molecular weight excluding hydrogens is 430 g/mol. The van der Waals surface area contributed by atoms with E-state index in [-0.39, 0.29) is 18.6 Å². The van der Waals surface area contributed by atoms with Crippen molar-refractivity contribution in [2.45, 2.75) is 37.8 Å². The highest BCUT2D eigenvalue weighted by Crippen LogP contribution is 2.36. The zero-order valence-electron chi connectivity index (χ0n) is 16.1. The number of rotatable bonds is 7. The molecule has 160 valence electrons. The van der Waals surface area contributed by atoms with Gasteiger partial charge in [0.2, 0.25) is 0 Å². The van der Waals surface area contributed by atoms with E-state index in [2.05, 4.69) is 19.1 Å². The minimum absolute atomic E-state index is 0.0712. The van der Waals surface area contributed by atoms with Crippen molar-refractivity contribution in [3.05, 3.63) is 53.2 Å². The molecule has 0 aliphatic heterocycles. The van der Waals surface area contributed by atoms with Gasteiger partial charge in [0.05, 0.1) is 24.7 Å². The van der Waals surface area contributed by atoms with Gasteiger partial charge in [0.15, 0.2) is 5.65 Å². The smallest absolute Gasteiger partial charge is 0.333 e. The maximum absolute atomic E-state index is 11.0. The fraction of sp³-hybridized carbons (Fsp3) is 0.421. The third-order valence-electron chi connectivity index (χ3n) is 5.47. The average molecular weight is 452 g/mol. The van der Waals surface area contributed by atoms with Crippen molar-refractivity contribution in [3.8, 4) is 0 Å². The molecule has 0 spiro atoms. The molecule has 1 aromatic carbocycles. The summed E-state index contributed by atoms with van der Waals surface area (Å²) in [5, 5.41) is 15.9. The van der Waals surface area contributed by atoms with Crippen LogP contribution in [0.3, 0.4) is 0 Å².